The van der Waals surface area contributed by atoms with Gasteiger partial charge < -0.3 is 45.3 Å². The first-order valence-electron chi connectivity index (χ1n) is 23.0. The van der Waals surface area contributed by atoms with Gasteiger partial charge in [0.1, 0.15) is 11.5 Å². The Hall–Kier alpha value is -7.10. The number of aromatic nitrogens is 1. The van der Waals surface area contributed by atoms with E-state index >= 15 is 0 Å². The van der Waals surface area contributed by atoms with Crippen LogP contribution in [0.3, 0.4) is 0 Å². The first kappa shape index (κ1) is 47.4. The smallest absolute Gasteiger partial charge is 0.347 e. The third-order valence-corrected chi connectivity index (χ3v) is 12.9. The number of fused-ring (bicyclic) bond motifs is 1. The summed E-state index contributed by atoms with van der Waals surface area (Å²) in [5, 5.41) is 39.9. The van der Waals surface area contributed by atoms with Gasteiger partial charge in [-0.1, -0.05) is 97.1 Å². The Kier molecular flexibility index (Phi) is 15.1. The predicted octanol–water partition coefficient (Wildman–Crippen LogP) is 5.80. The van der Waals surface area contributed by atoms with E-state index < -0.39 is 23.6 Å². The van der Waals surface area contributed by atoms with Crippen LogP contribution in [0.1, 0.15) is 69.1 Å². The van der Waals surface area contributed by atoms with Crippen molar-refractivity contribution in [3.63, 3.8) is 0 Å². The van der Waals surface area contributed by atoms with Gasteiger partial charge in [-0.05, 0) is 102 Å². The number of piperidine rings is 1. The van der Waals surface area contributed by atoms with Crippen LogP contribution in [0.4, 0.5) is 0 Å². The number of carbonyl (C=O) groups is 3. The van der Waals surface area contributed by atoms with Crippen LogP contribution in [-0.4, -0.2) is 101 Å². The molecule has 5 aromatic carbocycles. The molecule has 0 saturated carbocycles. The molecule has 1 fully saturated rings. The number of esters is 1. The minimum absolute atomic E-state index is 0.0897. The molecule has 0 radical (unpaired) electrons. The minimum Gasteiger partial charge on any atom is -0.506 e. The Balaban J connectivity index is 0.837. The van der Waals surface area contributed by atoms with Crippen molar-refractivity contribution in [1.82, 2.24) is 25.4 Å². The van der Waals surface area contributed by atoms with Gasteiger partial charge in [0.05, 0.1) is 37.4 Å². The molecule has 6 N–H and O–H groups in total. The molecule has 68 heavy (non-hydrogen) atoms. The topological polar surface area (TPSA) is 194 Å². The first-order chi connectivity index (χ1) is 33.0. The van der Waals surface area contributed by atoms with Gasteiger partial charge in [-0.25, -0.2) is 4.79 Å². The van der Waals surface area contributed by atoms with E-state index in [9.17, 15) is 34.5 Å². The number of aromatic hydroxyl groups is 1. The number of benzene rings is 5. The van der Waals surface area contributed by atoms with Gasteiger partial charge in [-0.15, -0.1) is 0 Å². The fourth-order valence-electron chi connectivity index (χ4n) is 9.04. The van der Waals surface area contributed by atoms with Crippen LogP contribution < -0.4 is 20.9 Å². The molecule has 0 spiro atoms. The number of hydrogen-bond acceptors (Lipinski definition) is 11. The number of amides is 2. The lowest BCUT2D eigenvalue weighted by molar-refractivity contribution is -0.164. The molecular formula is C54H57N5O9. The van der Waals surface area contributed by atoms with Gasteiger partial charge in [0.25, 0.3) is 5.91 Å². The number of rotatable bonds is 17. The van der Waals surface area contributed by atoms with E-state index in [1.54, 1.807) is 65.6 Å². The molecule has 1 unspecified atom stereocenters. The monoisotopic (exact) mass is 919 g/mol. The molecule has 2 aliphatic heterocycles. The van der Waals surface area contributed by atoms with Gasteiger partial charge in [-0.3, -0.25) is 19.3 Å². The number of hydrogen-bond donors (Lipinski definition) is 6. The molecule has 2 amide bonds. The average Bonchev–Trinajstić information content (AvgIpc) is 3.38. The zero-order valence-corrected chi connectivity index (χ0v) is 38.0. The zero-order valence-electron chi connectivity index (χ0n) is 38.0. The fourth-order valence-corrected chi connectivity index (χ4v) is 9.04. The highest BCUT2D eigenvalue weighted by Crippen LogP contribution is 2.35. The number of aliphatic hydroxyl groups excluding tert-OH is 1. The summed E-state index contributed by atoms with van der Waals surface area (Å²) in [6.45, 7) is 3.92. The van der Waals surface area contributed by atoms with Gasteiger partial charge >= 0.3 is 5.97 Å². The number of carbonyl (C=O) groups excluding carboxylic acids is 3. The number of H-pyrrole nitrogens is 1. The van der Waals surface area contributed by atoms with Gasteiger partial charge in [-0.2, -0.15) is 0 Å². The Morgan fingerprint density at radius 2 is 1.60 bits per heavy atom. The molecule has 6 aromatic rings. The number of phenolic OH excluding ortho intramolecular Hbond substituents is 1. The lowest BCUT2D eigenvalue weighted by Crippen LogP contribution is -2.42. The second-order valence-corrected chi connectivity index (χ2v) is 17.4. The number of phenols is 1. The number of likely N-dealkylation sites (tertiary alicyclic amines) is 1. The van der Waals surface area contributed by atoms with Crippen molar-refractivity contribution in [2.75, 3.05) is 53.0 Å². The molecule has 1 saturated heterocycles. The molecule has 352 valence electrons. The first-order valence-corrected chi connectivity index (χ1v) is 23.0. The molecule has 0 bridgehead atoms. The second kappa shape index (κ2) is 21.7. The van der Waals surface area contributed by atoms with Crippen LogP contribution in [0.2, 0.25) is 0 Å². The number of nitrogens with one attached hydrogen (secondary N) is 3. The van der Waals surface area contributed by atoms with Gasteiger partial charge in [0, 0.05) is 49.7 Å². The molecule has 14 nitrogen and oxygen atoms in total. The van der Waals surface area contributed by atoms with Crippen LogP contribution in [0.15, 0.2) is 138 Å². The van der Waals surface area contributed by atoms with Crippen molar-refractivity contribution < 1.29 is 39.2 Å². The maximum absolute atomic E-state index is 14.0. The van der Waals surface area contributed by atoms with Crippen LogP contribution in [-0.2, 0) is 33.0 Å². The summed E-state index contributed by atoms with van der Waals surface area (Å²) >= 11 is 0. The molecule has 8 rings (SSSR count). The number of pyridine rings is 1. The summed E-state index contributed by atoms with van der Waals surface area (Å²) in [4.78, 5) is 59.1. The molecule has 2 atom stereocenters. The number of nitrogens with zero attached hydrogens (tertiary/aromatic N) is 2. The fraction of sp³-hybridized carbons (Fsp3) is 0.296. The molecule has 1 aromatic heterocycles. The van der Waals surface area contributed by atoms with E-state index in [1.165, 1.54) is 24.8 Å². The molecular weight excluding hydrogens is 863 g/mol. The summed E-state index contributed by atoms with van der Waals surface area (Å²) < 4.78 is 11.5. The van der Waals surface area contributed by atoms with E-state index in [2.05, 4.69) is 44.8 Å². The minimum atomic E-state index is -2.04. The van der Waals surface area contributed by atoms with Crippen molar-refractivity contribution in [2.45, 2.75) is 44.1 Å². The van der Waals surface area contributed by atoms with Crippen molar-refractivity contribution in [3.8, 4) is 11.5 Å². The average molecular weight is 920 g/mol. The highest BCUT2D eigenvalue weighted by atomic mass is 16.5. The lowest BCUT2D eigenvalue weighted by Gasteiger charge is -2.33. The van der Waals surface area contributed by atoms with E-state index in [0.717, 1.165) is 49.2 Å². The largest absolute Gasteiger partial charge is 0.506 e. The highest BCUT2D eigenvalue weighted by Gasteiger charge is 2.42. The Labute approximate surface area is 394 Å². The normalized spacial score (nSPS) is 15.8. The quantitative estimate of drug-likeness (QED) is 0.0606. The summed E-state index contributed by atoms with van der Waals surface area (Å²) in [5.74, 6) is -1.02. The third kappa shape index (κ3) is 11.0. The SMILES string of the molecule is COc1cc(CNC[C@H](O)c2ccc(O)c3[nH]c(=O)ccc23)ccc1C(=O)NCC(=O)N1CC=C(c2cccc(C(O)(C(=O)OCC3CCN(Cc4ccccc4)CC3)c3ccccc3)c2)CC1. The molecule has 3 heterocycles. The highest BCUT2D eigenvalue weighted by molar-refractivity contribution is 5.99. The third-order valence-electron chi connectivity index (χ3n) is 12.9. The Bertz CT molecular complexity index is 2830. The predicted molar refractivity (Wildman–Crippen MR) is 259 cm³/mol. The van der Waals surface area contributed by atoms with Crippen molar-refractivity contribution >= 4 is 34.3 Å². The van der Waals surface area contributed by atoms with Crippen LogP contribution >= 0.6 is 0 Å². The van der Waals surface area contributed by atoms with Crippen LogP contribution in [0, 0.1) is 5.92 Å². The van der Waals surface area contributed by atoms with Gasteiger partial charge in [0.2, 0.25) is 17.1 Å². The second-order valence-electron chi connectivity index (χ2n) is 17.4. The Morgan fingerprint density at radius 1 is 0.853 bits per heavy atom. The maximum atomic E-state index is 14.0. The number of aromatic amines is 1. The molecule has 2 aliphatic rings. The standard InChI is InChI=1S/C54H57N5O9/c1-67-48-29-38(31-55-32-47(61)43-17-19-46(60)51-44(43)18-20-49(62)57-51)15-16-45(48)52(64)56-33-50(63)59-27-23-39(24-28-59)40-11-8-14-42(30-40)54(66,41-12-6-3-7-13-41)53(65)68-35-37-21-25-58(26-22-37)34-36-9-4-2-5-10-36/h2-20,23,29-30,37,47,55,60-61,66H,21-22,24-28,31-35H2,1H3,(H,56,64)(H,57,62)/t47-,54?/m0/s1. The number of methoxy groups -OCH3 is 1. The van der Waals surface area contributed by atoms with Crippen molar-refractivity contribution in [2.24, 2.45) is 5.92 Å². The lowest BCUT2D eigenvalue weighted by atomic mass is 9.84. The van der Waals surface area contributed by atoms with E-state index in [1.807, 2.05) is 36.4 Å². The Morgan fingerprint density at radius 3 is 2.34 bits per heavy atom. The van der Waals surface area contributed by atoms with Crippen molar-refractivity contribution in [3.05, 3.63) is 183 Å². The number of ether oxygens (including phenoxy) is 2. The molecule has 14 heteroatoms. The number of aliphatic hydroxyl groups is 2. The van der Waals surface area contributed by atoms with Crippen molar-refractivity contribution in [1.29, 1.82) is 0 Å². The summed E-state index contributed by atoms with van der Waals surface area (Å²) in [7, 11) is 1.46. The van der Waals surface area contributed by atoms with E-state index in [4.69, 9.17) is 9.47 Å². The summed E-state index contributed by atoms with van der Waals surface area (Å²) in [5.41, 5.74) is 3.30. The summed E-state index contributed by atoms with van der Waals surface area (Å²) in [6, 6.07) is 37.6. The van der Waals surface area contributed by atoms with Crippen LogP contribution in [0.25, 0.3) is 16.5 Å². The zero-order chi connectivity index (χ0) is 47.6. The van der Waals surface area contributed by atoms with E-state index in [-0.39, 0.29) is 53.9 Å². The van der Waals surface area contributed by atoms with E-state index in [0.29, 0.717) is 53.9 Å². The molecule has 0 aliphatic carbocycles. The van der Waals surface area contributed by atoms with Crippen LogP contribution in [0.5, 0.6) is 11.5 Å². The maximum Gasteiger partial charge on any atom is 0.347 e. The summed E-state index contributed by atoms with van der Waals surface area (Å²) in [6.07, 6.45) is 3.32. The van der Waals surface area contributed by atoms with Gasteiger partial charge in [0.15, 0.2) is 0 Å².